The number of hydrogen-bond donors (Lipinski definition) is 2. The summed E-state index contributed by atoms with van der Waals surface area (Å²) in [6.07, 6.45) is 4.71. The van der Waals surface area contributed by atoms with E-state index in [-0.39, 0.29) is 0 Å². The van der Waals surface area contributed by atoms with Gasteiger partial charge in [0.15, 0.2) is 0 Å². The molecule has 0 fully saturated rings. The Bertz CT molecular complexity index is 857. The number of aromatic nitrogens is 2. The summed E-state index contributed by atoms with van der Waals surface area (Å²) in [7, 11) is 1.69. The maximum atomic E-state index is 6.39. The Labute approximate surface area is 147 Å². The summed E-state index contributed by atoms with van der Waals surface area (Å²) in [5, 5.41) is 1.81. The Morgan fingerprint density at radius 1 is 1.29 bits per heavy atom. The number of pyridine rings is 1. The number of fused-ring (bicyclic) bond motifs is 1. The third-order valence-corrected chi connectivity index (χ3v) is 4.60. The number of methoxy groups -OCH3 is 1. The second-order valence-electron chi connectivity index (χ2n) is 5.93. The largest absolute Gasteiger partial charge is 0.497 e. The number of rotatable bonds is 6. The van der Waals surface area contributed by atoms with Gasteiger partial charge in [0, 0.05) is 17.1 Å². The maximum Gasteiger partial charge on any atom is 0.119 e. The van der Waals surface area contributed by atoms with Crippen molar-refractivity contribution in [3.63, 3.8) is 0 Å². The summed E-state index contributed by atoms with van der Waals surface area (Å²) in [5.74, 6) is 0.859. The molecule has 24 heavy (non-hydrogen) atoms. The zero-order chi connectivity index (χ0) is 17.1. The fourth-order valence-electron chi connectivity index (χ4n) is 3.09. The molecule has 2 heterocycles. The van der Waals surface area contributed by atoms with Gasteiger partial charge in [-0.3, -0.25) is 4.98 Å². The van der Waals surface area contributed by atoms with Gasteiger partial charge in [0.05, 0.1) is 17.8 Å². The SMILES string of the molecule is COc1cc(C)c2[nH]c(-c3ncccc3Cl)c(CCCCN)c2c1. The van der Waals surface area contributed by atoms with E-state index in [0.29, 0.717) is 11.6 Å². The average Bonchev–Trinajstić information content (AvgIpc) is 2.94. The minimum atomic E-state index is 0.647. The maximum absolute atomic E-state index is 6.39. The van der Waals surface area contributed by atoms with Crippen molar-refractivity contribution in [3.05, 3.63) is 46.6 Å². The lowest BCUT2D eigenvalue weighted by Gasteiger charge is -2.07. The smallest absolute Gasteiger partial charge is 0.119 e. The Morgan fingerprint density at radius 3 is 2.83 bits per heavy atom. The van der Waals surface area contributed by atoms with Crippen LogP contribution in [0, 0.1) is 6.92 Å². The zero-order valence-corrected chi connectivity index (χ0v) is 14.8. The molecular formula is C19H22ClN3O. The number of hydrogen-bond acceptors (Lipinski definition) is 3. The summed E-state index contributed by atoms with van der Waals surface area (Å²) in [6.45, 7) is 2.78. The number of nitrogens with two attached hydrogens (primary N) is 1. The first kappa shape index (κ1) is 16.8. The average molecular weight is 344 g/mol. The van der Waals surface area contributed by atoms with Crippen LogP contribution in [0.15, 0.2) is 30.5 Å². The van der Waals surface area contributed by atoms with Crippen LogP contribution in [0.2, 0.25) is 5.02 Å². The number of aryl methyl sites for hydroxylation is 2. The molecule has 0 radical (unpaired) electrons. The van der Waals surface area contributed by atoms with Gasteiger partial charge >= 0.3 is 0 Å². The van der Waals surface area contributed by atoms with E-state index in [9.17, 15) is 0 Å². The molecule has 0 unspecified atom stereocenters. The molecule has 2 aromatic heterocycles. The molecule has 0 aliphatic carbocycles. The van der Waals surface area contributed by atoms with Crippen LogP contribution in [0.25, 0.3) is 22.3 Å². The van der Waals surface area contributed by atoms with Crippen molar-refractivity contribution >= 4 is 22.5 Å². The van der Waals surface area contributed by atoms with E-state index in [2.05, 4.69) is 23.0 Å². The highest BCUT2D eigenvalue weighted by Crippen LogP contribution is 2.36. The van der Waals surface area contributed by atoms with Crippen molar-refractivity contribution in [2.24, 2.45) is 5.73 Å². The van der Waals surface area contributed by atoms with Crippen LogP contribution in [-0.4, -0.2) is 23.6 Å². The summed E-state index contributed by atoms with van der Waals surface area (Å²) in [5.41, 5.74) is 10.9. The molecule has 0 saturated carbocycles. The fourth-order valence-corrected chi connectivity index (χ4v) is 3.30. The lowest BCUT2D eigenvalue weighted by molar-refractivity contribution is 0.415. The first-order valence-corrected chi connectivity index (χ1v) is 8.53. The molecule has 1 aromatic carbocycles. The predicted molar refractivity (Wildman–Crippen MR) is 99.8 cm³/mol. The van der Waals surface area contributed by atoms with Crippen molar-refractivity contribution in [1.82, 2.24) is 9.97 Å². The number of ether oxygens (including phenoxy) is 1. The Balaban J connectivity index is 2.21. The van der Waals surface area contributed by atoms with Crippen molar-refractivity contribution in [2.75, 3.05) is 13.7 Å². The molecule has 0 atom stereocenters. The van der Waals surface area contributed by atoms with Gasteiger partial charge in [-0.15, -0.1) is 0 Å². The van der Waals surface area contributed by atoms with Crippen LogP contribution in [-0.2, 0) is 6.42 Å². The van der Waals surface area contributed by atoms with Gasteiger partial charge < -0.3 is 15.5 Å². The van der Waals surface area contributed by atoms with Gasteiger partial charge in [0.25, 0.3) is 0 Å². The number of nitrogens with zero attached hydrogens (tertiary/aromatic N) is 1. The molecule has 0 aliphatic heterocycles. The Morgan fingerprint density at radius 2 is 2.12 bits per heavy atom. The highest BCUT2D eigenvalue weighted by atomic mass is 35.5. The Kier molecular flexibility index (Phi) is 5.07. The lowest BCUT2D eigenvalue weighted by atomic mass is 10.0. The van der Waals surface area contributed by atoms with Crippen molar-refractivity contribution in [3.8, 4) is 17.1 Å². The summed E-state index contributed by atoms with van der Waals surface area (Å²) in [4.78, 5) is 8.02. The topological polar surface area (TPSA) is 63.9 Å². The summed E-state index contributed by atoms with van der Waals surface area (Å²) < 4.78 is 5.45. The van der Waals surface area contributed by atoms with E-state index in [4.69, 9.17) is 22.1 Å². The summed E-state index contributed by atoms with van der Waals surface area (Å²) >= 11 is 6.39. The number of nitrogens with one attached hydrogen (secondary N) is 1. The number of benzene rings is 1. The van der Waals surface area contributed by atoms with Gasteiger partial charge in [-0.05, 0) is 68.1 Å². The molecule has 4 nitrogen and oxygen atoms in total. The van der Waals surface area contributed by atoms with Gasteiger partial charge in [-0.1, -0.05) is 11.6 Å². The van der Waals surface area contributed by atoms with Crippen LogP contribution in [0.4, 0.5) is 0 Å². The summed E-state index contributed by atoms with van der Waals surface area (Å²) in [6, 6.07) is 7.83. The lowest BCUT2D eigenvalue weighted by Crippen LogP contribution is -1.99. The third kappa shape index (κ3) is 3.12. The predicted octanol–water partition coefficient (Wildman–Crippen LogP) is 4.48. The number of H-pyrrole nitrogens is 1. The molecule has 0 amide bonds. The molecule has 3 N–H and O–H groups in total. The van der Waals surface area contributed by atoms with E-state index >= 15 is 0 Å². The minimum Gasteiger partial charge on any atom is -0.497 e. The van der Waals surface area contributed by atoms with Crippen molar-refractivity contribution < 1.29 is 4.74 Å². The fraction of sp³-hybridized carbons (Fsp3) is 0.316. The molecule has 0 spiro atoms. The first-order chi connectivity index (χ1) is 11.7. The highest BCUT2D eigenvalue weighted by molar-refractivity contribution is 6.33. The number of halogens is 1. The Hall–Kier alpha value is -2.04. The number of unbranched alkanes of at least 4 members (excludes halogenated alkanes) is 1. The number of aromatic amines is 1. The van der Waals surface area contributed by atoms with E-state index in [1.54, 1.807) is 13.3 Å². The van der Waals surface area contributed by atoms with Crippen LogP contribution in [0.5, 0.6) is 5.75 Å². The van der Waals surface area contributed by atoms with E-state index in [1.807, 2.05) is 18.2 Å². The van der Waals surface area contributed by atoms with Crippen LogP contribution in [0.3, 0.4) is 0 Å². The third-order valence-electron chi connectivity index (χ3n) is 4.30. The van der Waals surface area contributed by atoms with Crippen molar-refractivity contribution in [1.29, 1.82) is 0 Å². The second kappa shape index (κ2) is 7.24. The minimum absolute atomic E-state index is 0.647. The molecule has 0 bridgehead atoms. The highest BCUT2D eigenvalue weighted by Gasteiger charge is 2.18. The van der Waals surface area contributed by atoms with E-state index in [1.165, 1.54) is 10.9 Å². The second-order valence-corrected chi connectivity index (χ2v) is 6.33. The first-order valence-electron chi connectivity index (χ1n) is 8.16. The quantitative estimate of drug-likeness (QED) is 0.648. The normalized spacial score (nSPS) is 11.2. The standard InChI is InChI=1S/C19H22ClN3O/c1-12-10-13(24-2)11-15-14(6-3-4-8-21)18(23-17(12)15)19-16(20)7-5-9-22-19/h5,7,9-11,23H,3-4,6,8,21H2,1-2H3. The molecule has 5 heteroatoms. The van der Waals surface area contributed by atoms with Crippen LogP contribution < -0.4 is 10.5 Å². The van der Waals surface area contributed by atoms with Crippen LogP contribution in [0.1, 0.15) is 24.0 Å². The monoisotopic (exact) mass is 343 g/mol. The molecular weight excluding hydrogens is 322 g/mol. The zero-order valence-electron chi connectivity index (χ0n) is 14.0. The van der Waals surface area contributed by atoms with Gasteiger partial charge in [-0.2, -0.15) is 0 Å². The van der Waals surface area contributed by atoms with Crippen LogP contribution >= 0.6 is 11.6 Å². The van der Waals surface area contributed by atoms with E-state index in [0.717, 1.165) is 47.5 Å². The molecule has 0 saturated heterocycles. The van der Waals surface area contributed by atoms with Gasteiger partial charge in [0.2, 0.25) is 0 Å². The molecule has 3 rings (SSSR count). The molecule has 126 valence electrons. The molecule has 0 aliphatic rings. The molecule has 3 aromatic rings. The van der Waals surface area contributed by atoms with E-state index < -0.39 is 0 Å². The van der Waals surface area contributed by atoms with Crippen molar-refractivity contribution in [2.45, 2.75) is 26.2 Å². The van der Waals surface area contributed by atoms with Gasteiger partial charge in [0.1, 0.15) is 11.4 Å². The van der Waals surface area contributed by atoms with Gasteiger partial charge in [-0.25, -0.2) is 0 Å².